The van der Waals surface area contributed by atoms with Crippen LogP contribution in [-0.2, 0) is 23.8 Å². The highest BCUT2D eigenvalue weighted by atomic mass is 16.6. The van der Waals surface area contributed by atoms with E-state index >= 15 is 0 Å². The summed E-state index contributed by atoms with van der Waals surface area (Å²) in [7, 11) is 0. The van der Waals surface area contributed by atoms with Gasteiger partial charge in [0.25, 0.3) is 0 Å². The first-order valence-corrected chi connectivity index (χ1v) is 26.1. The third-order valence-electron chi connectivity index (χ3n) is 10.9. The van der Waals surface area contributed by atoms with Crippen molar-refractivity contribution in [3.63, 3.8) is 0 Å². The van der Waals surface area contributed by atoms with Crippen LogP contribution in [0.4, 0.5) is 0 Å². The van der Waals surface area contributed by atoms with Gasteiger partial charge in [-0.15, -0.1) is 0 Å². The first-order valence-electron chi connectivity index (χ1n) is 26.1. The lowest BCUT2D eigenvalue weighted by atomic mass is 10.1. The van der Waals surface area contributed by atoms with Crippen LogP contribution >= 0.6 is 0 Å². The normalized spacial score (nSPS) is 12.9. The molecule has 0 N–H and O–H groups in total. The Balaban J connectivity index is 4.21. The van der Waals surface area contributed by atoms with Gasteiger partial charge in [-0.1, -0.05) is 221 Å². The molecular formula is C57H98O5. The maximum atomic E-state index is 12.7. The average Bonchev–Trinajstić information content (AvgIpc) is 3.27. The van der Waals surface area contributed by atoms with E-state index in [1.165, 1.54) is 109 Å². The zero-order valence-electron chi connectivity index (χ0n) is 40.9. The van der Waals surface area contributed by atoms with E-state index < -0.39 is 6.10 Å². The lowest BCUT2D eigenvalue weighted by Crippen LogP contribution is -2.30. The molecule has 0 bridgehead atoms. The maximum absolute atomic E-state index is 12.7. The van der Waals surface area contributed by atoms with Gasteiger partial charge in [0.1, 0.15) is 6.61 Å². The molecule has 5 heteroatoms. The summed E-state index contributed by atoms with van der Waals surface area (Å²) in [5.74, 6) is -0.415. The standard InChI is InChI=1S/C57H98O5/c1-4-7-10-13-16-19-21-23-25-27-28-29-31-33-35-37-40-43-46-49-52-60-53-55(62-57(59)51-48-45-42-38-18-15-12-9-6-3)54-61-56(58)50-47-44-41-39-36-34-32-30-26-24-22-20-17-14-11-8-5-2/h7-8,10-11,16-17,19-20,23-26,28-29,55H,4-6,9,12-15,18,21-22,27,30-54H2,1-3H3/b10-7-,11-8-,19-16-,20-17-,25-23-,26-24-,29-28-. The van der Waals surface area contributed by atoms with Crippen molar-refractivity contribution in [3.8, 4) is 0 Å². The van der Waals surface area contributed by atoms with E-state index in [0.717, 1.165) is 96.3 Å². The first kappa shape index (κ1) is 59.1. The molecule has 0 spiro atoms. The lowest BCUT2D eigenvalue weighted by molar-refractivity contribution is -0.163. The Kier molecular flexibility index (Phi) is 50.0. The minimum absolute atomic E-state index is 0.0737. The fourth-order valence-electron chi connectivity index (χ4n) is 7.10. The predicted octanol–water partition coefficient (Wildman–Crippen LogP) is 17.7. The summed E-state index contributed by atoms with van der Waals surface area (Å²) in [6, 6.07) is 0. The molecule has 62 heavy (non-hydrogen) atoms. The van der Waals surface area contributed by atoms with Crippen molar-refractivity contribution in [1.29, 1.82) is 0 Å². The molecule has 0 aromatic carbocycles. The van der Waals surface area contributed by atoms with Gasteiger partial charge in [-0.3, -0.25) is 9.59 Å². The van der Waals surface area contributed by atoms with Gasteiger partial charge in [0.05, 0.1) is 6.61 Å². The Morgan fingerprint density at radius 2 is 0.726 bits per heavy atom. The molecular weight excluding hydrogens is 765 g/mol. The molecule has 0 aromatic heterocycles. The Labute approximate surface area is 384 Å². The molecule has 0 aliphatic carbocycles. The topological polar surface area (TPSA) is 61.8 Å². The van der Waals surface area contributed by atoms with Crippen molar-refractivity contribution in [2.45, 2.75) is 245 Å². The second kappa shape index (κ2) is 52.4. The van der Waals surface area contributed by atoms with Crippen LogP contribution in [0, 0.1) is 0 Å². The van der Waals surface area contributed by atoms with Crippen molar-refractivity contribution in [1.82, 2.24) is 0 Å². The fourth-order valence-corrected chi connectivity index (χ4v) is 7.10. The highest BCUT2D eigenvalue weighted by Crippen LogP contribution is 2.14. The highest BCUT2D eigenvalue weighted by molar-refractivity contribution is 5.70. The summed E-state index contributed by atoms with van der Waals surface area (Å²) in [6.45, 7) is 7.56. The molecule has 356 valence electrons. The molecule has 1 unspecified atom stereocenters. The molecule has 0 rings (SSSR count). The molecule has 1 atom stereocenters. The van der Waals surface area contributed by atoms with Crippen LogP contribution in [-0.4, -0.2) is 37.9 Å². The van der Waals surface area contributed by atoms with Gasteiger partial charge in [0.2, 0.25) is 0 Å². The van der Waals surface area contributed by atoms with Crippen molar-refractivity contribution < 1.29 is 23.8 Å². The second-order valence-electron chi connectivity index (χ2n) is 17.0. The van der Waals surface area contributed by atoms with Crippen molar-refractivity contribution in [2.24, 2.45) is 0 Å². The molecule has 0 saturated carbocycles. The number of allylic oxidation sites excluding steroid dienone is 14. The van der Waals surface area contributed by atoms with E-state index in [1.54, 1.807) is 0 Å². The van der Waals surface area contributed by atoms with E-state index in [4.69, 9.17) is 14.2 Å². The van der Waals surface area contributed by atoms with Gasteiger partial charge in [-0.05, 0) is 89.9 Å². The van der Waals surface area contributed by atoms with Crippen LogP contribution in [0.5, 0.6) is 0 Å². The minimum Gasteiger partial charge on any atom is -0.462 e. The Morgan fingerprint density at radius 1 is 0.371 bits per heavy atom. The molecule has 0 saturated heterocycles. The van der Waals surface area contributed by atoms with Gasteiger partial charge in [0.15, 0.2) is 6.10 Å². The van der Waals surface area contributed by atoms with Gasteiger partial charge < -0.3 is 14.2 Å². The number of esters is 2. The van der Waals surface area contributed by atoms with Crippen LogP contribution in [0.15, 0.2) is 85.1 Å². The van der Waals surface area contributed by atoms with E-state index in [9.17, 15) is 9.59 Å². The minimum atomic E-state index is -0.547. The van der Waals surface area contributed by atoms with Gasteiger partial charge in [-0.25, -0.2) is 0 Å². The maximum Gasteiger partial charge on any atom is 0.306 e. The number of hydrogen-bond acceptors (Lipinski definition) is 5. The summed E-state index contributed by atoms with van der Waals surface area (Å²) >= 11 is 0. The summed E-state index contributed by atoms with van der Waals surface area (Å²) in [6.07, 6.45) is 68.8. The predicted molar refractivity (Wildman–Crippen MR) is 270 cm³/mol. The third kappa shape index (κ3) is 49.7. The van der Waals surface area contributed by atoms with Crippen molar-refractivity contribution in [3.05, 3.63) is 85.1 Å². The fraction of sp³-hybridized carbons (Fsp3) is 0.719. The van der Waals surface area contributed by atoms with Gasteiger partial charge in [-0.2, -0.15) is 0 Å². The number of carbonyl (C=O) groups is 2. The van der Waals surface area contributed by atoms with Crippen LogP contribution in [0.25, 0.3) is 0 Å². The highest BCUT2D eigenvalue weighted by Gasteiger charge is 2.17. The van der Waals surface area contributed by atoms with E-state index in [2.05, 4.69) is 106 Å². The molecule has 0 aliphatic heterocycles. The number of hydrogen-bond donors (Lipinski definition) is 0. The average molecular weight is 863 g/mol. The quantitative estimate of drug-likeness (QED) is 0.0346. The number of ether oxygens (including phenoxy) is 3. The molecule has 0 aliphatic rings. The summed E-state index contributed by atoms with van der Waals surface area (Å²) < 4.78 is 17.4. The molecule has 0 radical (unpaired) electrons. The molecule has 0 amide bonds. The summed E-state index contributed by atoms with van der Waals surface area (Å²) in [4.78, 5) is 25.3. The van der Waals surface area contributed by atoms with Crippen LogP contribution in [0.1, 0.15) is 239 Å². The second-order valence-corrected chi connectivity index (χ2v) is 17.0. The van der Waals surface area contributed by atoms with Crippen LogP contribution in [0.2, 0.25) is 0 Å². The van der Waals surface area contributed by atoms with Crippen LogP contribution < -0.4 is 0 Å². The molecule has 0 aromatic rings. The Hall–Kier alpha value is -2.92. The number of rotatable bonds is 47. The smallest absolute Gasteiger partial charge is 0.306 e. The summed E-state index contributed by atoms with van der Waals surface area (Å²) in [5, 5.41) is 0. The Morgan fingerprint density at radius 3 is 1.16 bits per heavy atom. The van der Waals surface area contributed by atoms with Crippen LogP contribution in [0.3, 0.4) is 0 Å². The largest absolute Gasteiger partial charge is 0.462 e. The van der Waals surface area contributed by atoms with Gasteiger partial charge in [0, 0.05) is 19.4 Å². The zero-order chi connectivity index (χ0) is 44.9. The number of unbranched alkanes of at least 4 members (excludes halogenated alkanes) is 22. The third-order valence-corrected chi connectivity index (χ3v) is 10.9. The molecule has 0 fully saturated rings. The molecule has 0 heterocycles. The van der Waals surface area contributed by atoms with E-state index in [1.807, 2.05) is 0 Å². The van der Waals surface area contributed by atoms with Crippen molar-refractivity contribution >= 4 is 11.9 Å². The Bertz CT molecular complexity index is 1160. The lowest BCUT2D eigenvalue weighted by Gasteiger charge is -2.18. The SMILES string of the molecule is CC/C=C\C/C=C\C/C=C\C/C=C\CCCCCCCCCOCC(COC(=O)CCCCCCCCC/C=C\C/C=C\C/C=C\CC)OC(=O)CCCCCCCCCCC. The first-order chi connectivity index (χ1) is 30.6. The number of carbonyl (C=O) groups excluding carboxylic acids is 2. The van der Waals surface area contributed by atoms with Gasteiger partial charge >= 0.3 is 11.9 Å². The van der Waals surface area contributed by atoms with E-state index in [-0.39, 0.29) is 25.2 Å². The van der Waals surface area contributed by atoms with Crippen molar-refractivity contribution in [2.75, 3.05) is 19.8 Å². The monoisotopic (exact) mass is 863 g/mol. The van der Waals surface area contributed by atoms with E-state index in [0.29, 0.717) is 19.4 Å². The molecule has 5 nitrogen and oxygen atoms in total. The summed E-state index contributed by atoms with van der Waals surface area (Å²) in [5.41, 5.74) is 0. The zero-order valence-corrected chi connectivity index (χ0v) is 40.9.